The van der Waals surface area contributed by atoms with Crippen molar-refractivity contribution < 1.29 is 17.6 Å². The minimum atomic E-state index is -3.86. The molecule has 0 spiro atoms. The molecule has 0 N–H and O–H groups in total. The summed E-state index contributed by atoms with van der Waals surface area (Å²) in [7, 11) is -3.86. The highest BCUT2D eigenvalue weighted by atomic mass is 32.2. The van der Waals surface area contributed by atoms with Gasteiger partial charge < -0.3 is 4.79 Å². The first kappa shape index (κ1) is 14.1. The molecule has 1 saturated heterocycles. The first-order chi connectivity index (χ1) is 8.95. The Morgan fingerprint density at radius 1 is 1.42 bits per heavy atom. The minimum absolute atomic E-state index is 0.138. The largest absolute Gasteiger partial charge is 0.303 e. The maximum Gasteiger partial charge on any atom is 0.246 e. The van der Waals surface area contributed by atoms with Gasteiger partial charge in [-0.05, 0) is 37.5 Å². The second kappa shape index (κ2) is 5.38. The van der Waals surface area contributed by atoms with Crippen molar-refractivity contribution in [3.63, 3.8) is 0 Å². The van der Waals surface area contributed by atoms with Crippen LogP contribution in [-0.2, 0) is 14.8 Å². The van der Waals surface area contributed by atoms with Gasteiger partial charge in [0, 0.05) is 19.0 Å². The van der Waals surface area contributed by atoms with Gasteiger partial charge in [-0.2, -0.15) is 4.31 Å². The van der Waals surface area contributed by atoms with Crippen LogP contribution in [0.15, 0.2) is 23.1 Å². The van der Waals surface area contributed by atoms with Gasteiger partial charge in [0.05, 0.1) is 0 Å². The van der Waals surface area contributed by atoms with Crippen LogP contribution in [-0.4, -0.2) is 32.1 Å². The summed E-state index contributed by atoms with van der Waals surface area (Å²) in [5, 5.41) is 0. The molecule has 1 aromatic carbocycles. The zero-order valence-corrected chi connectivity index (χ0v) is 11.5. The lowest BCUT2D eigenvalue weighted by atomic mass is 10.0. The zero-order chi connectivity index (χ0) is 14.0. The highest BCUT2D eigenvalue weighted by Gasteiger charge is 2.31. The monoisotopic (exact) mass is 285 g/mol. The van der Waals surface area contributed by atoms with Gasteiger partial charge in [0.25, 0.3) is 0 Å². The molecule has 1 aliphatic rings. The maximum atomic E-state index is 13.7. The Balaban J connectivity index is 2.36. The van der Waals surface area contributed by atoms with E-state index >= 15 is 0 Å². The number of rotatable bonds is 3. The number of sulfonamides is 1. The molecular weight excluding hydrogens is 269 g/mol. The summed E-state index contributed by atoms with van der Waals surface area (Å²) >= 11 is 0. The molecule has 1 heterocycles. The molecule has 0 saturated carbocycles. The third-order valence-corrected chi connectivity index (χ3v) is 5.20. The number of nitrogens with zero attached hydrogens (tertiary/aromatic N) is 1. The van der Waals surface area contributed by atoms with E-state index in [9.17, 15) is 17.6 Å². The zero-order valence-electron chi connectivity index (χ0n) is 10.7. The van der Waals surface area contributed by atoms with Gasteiger partial charge >= 0.3 is 0 Å². The summed E-state index contributed by atoms with van der Waals surface area (Å²) in [4.78, 5) is 10.5. The molecule has 1 aliphatic heterocycles. The number of carbonyl (C=O) groups is 1. The van der Waals surface area contributed by atoms with Crippen LogP contribution in [0.1, 0.15) is 18.4 Å². The lowest BCUT2D eigenvalue weighted by Crippen LogP contribution is -2.40. The van der Waals surface area contributed by atoms with Gasteiger partial charge in [-0.25, -0.2) is 12.8 Å². The number of benzene rings is 1. The van der Waals surface area contributed by atoms with Crippen molar-refractivity contribution in [2.24, 2.45) is 5.92 Å². The minimum Gasteiger partial charge on any atom is -0.303 e. The van der Waals surface area contributed by atoms with Crippen LogP contribution in [0.2, 0.25) is 0 Å². The van der Waals surface area contributed by atoms with Crippen LogP contribution < -0.4 is 0 Å². The van der Waals surface area contributed by atoms with Crippen molar-refractivity contribution in [2.75, 3.05) is 13.1 Å². The van der Waals surface area contributed by atoms with Crippen molar-refractivity contribution in [3.05, 3.63) is 29.6 Å². The SMILES string of the molecule is Cc1ccc(F)c(S(=O)(=O)N2CCCC(C=O)C2)c1. The van der Waals surface area contributed by atoms with E-state index in [4.69, 9.17) is 0 Å². The molecule has 1 fully saturated rings. The van der Waals surface area contributed by atoms with Crippen LogP contribution >= 0.6 is 0 Å². The first-order valence-electron chi connectivity index (χ1n) is 6.17. The molecule has 4 nitrogen and oxygen atoms in total. The van der Waals surface area contributed by atoms with Gasteiger partial charge in [-0.1, -0.05) is 6.07 Å². The van der Waals surface area contributed by atoms with Crippen LogP contribution in [0, 0.1) is 18.7 Å². The van der Waals surface area contributed by atoms with Crippen molar-refractivity contribution in [1.29, 1.82) is 0 Å². The van der Waals surface area contributed by atoms with Crippen molar-refractivity contribution in [1.82, 2.24) is 4.31 Å². The van der Waals surface area contributed by atoms with Crippen molar-refractivity contribution >= 4 is 16.3 Å². The second-order valence-corrected chi connectivity index (χ2v) is 6.74. The summed E-state index contributed by atoms with van der Waals surface area (Å²) in [6.45, 7) is 2.18. The molecule has 6 heteroatoms. The fourth-order valence-corrected chi connectivity index (χ4v) is 3.94. The lowest BCUT2D eigenvalue weighted by Gasteiger charge is -2.29. The molecule has 0 aliphatic carbocycles. The summed E-state index contributed by atoms with van der Waals surface area (Å²) in [5.41, 5.74) is 0.684. The predicted octanol–water partition coefficient (Wildman–Crippen LogP) is 1.73. The number of carbonyl (C=O) groups excluding carboxylic acids is 1. The van der Waals surface area contributed by atoms with E-state index < -0.39 is 15.8 Å². The molecule has 1 aromatic rings. The van der Waals surface area contributed by atoms with Crippen molar-refractivity contribution in [2.45, 2.75) is 24.7 Å². The molecule has 19 heavy (non-hydrogen) atoms. The predicted molar refractivity (Wildman–Crippen MR) is 68.7 cm³/mol. The fraction of sp³-hybridized carbons (Fsp3) is 0.462. The Labute approximate surface area is 112 Å². The van der Waals surface area contributed by atoms with Crippen LogP contribution in [0.3, 0.4) is 0 Å². The molecule has 1 atom stereocenters. The Morgan fingerprint density at radius 3 is 2.84 bits per heavy atom. The van der Waals surface area contributed by atoms with Crippen LogP contribution in [0.25, 0.3) is 0 Å². The lowest BCUT2D eigenvalue weighted by molar-refractivity contribution is -0.112. The van der Waals surface area contributed by atoms with E-state index in [0.29, 0.717) is 24.9 Å². The summed E-state index contributed by atoms with van der Waals surface area (Å²) in [6.07, 6.45) is 2.08. The Bertz CT molecular complexity index is 586. The van der Waals surface area contributed by atoms with E-state index in [1.165, 1.54) is 16.4 Å². The average Bonchev–Trinajstić information content (AvgIpc) is 2.41. The molecule has 0 radical (unpaired) electrons. The normalized spacial score (nSPS) is 21.3. The molecular formula is C13H16FNO3S. The Kier molecular flexibility index (Phi) is 4.01. The van der Waals surface area contributed by atoms with E-state index in [1.54, 1.807) is 6.92 Å². The smallest absolute Gasteiger partial charge is 0.246 e. The number of hydrogen-bond acceptors (Lipinski definition) is 3. The number of piperidine rings is 1. The summed E-state index contributed by atoms with van der Waals surface area (Å²) in [6, 6.07) is 4.01. The van der Waals surface area contributed by atoms with E-state index in [0.717, 1.165) is 12.4 Å². The van der Waals surface area contributed by atoms with Crippen LogP contribution in [0.4, 0.5) is 4.39 Å². The summed E-state index contributed by atoms with van der Waals surface area (Å²) in [5.74, 6) is -1.05. The highest BCUT2D eigenvalue weighted by Crippen LogP contribution is 2.25. The maximum absolute atomic E-state index is 13.7. The number of aldehydes is 1. The third kappa shape index (κ3) is 2.84. The quantitative estimate of drug-likeness (QED) is 0.795. The van der Waals surface area contributed by atoms with E-state index in [1.807, 2.05) is 0 Å². The Morgan fingerprint density at radius 2 is 2.16 bits per heavy atom. The van der Waals surface area contributed by atoms with Gasteiger partial charge in [-0.3, -0.25) is 0 Å². The number of aryl methyl sites for hydroxylation is 1. The molecule has 1 unspecified atom stereocenters. The average molecular weight is 285 g/mol. The van der Waals surface area contributed by atoms with Gasteiger partial charge in [0.2, 0.25) is 10.0 Å². The van der Waals surface area contributed by atoms with Crippen molar-refractivity contribution in [3.8, 4) is 0 Å². The summed E-state index contributed by atoms with van der Waals surface area (Å²) < 4.78 is 39.7. The van der Waals surface area contributed by atoms with Gasteiger partial charge in [0.1, 0.15) is 17.0 Å². The number of hydrogen-bond donors (Lipinski definition) is 0. The molecule has 0 aromatic heterocycles. The Hall–Kier alpha value is -1.27. The third-order valence-electron chi connectivity index (χ3n) is 3.32. The van der Waals surface area contributed by atoms with E-state index in [-0.39, 0.29) is 17.4 Å². The standard InChI is InChI=1S/C13H16FNO3S/c1-10-4-5-12(14)13(7-10)19(17,18)15-6-2-3-11(8-15)9-16/h4-5,7,9,11H,2-3,6,8H2,1H3. The van der Waals surface area contributed by atoms with Gasteiger partial charge in [-0.15, -0.1) is 0 Å². The molecule has 2 rings (SSSR count). The van der Waals surface area contributed by atoms with Gasteiger partial charge in [0.15, 0.2) is 0 Å². The molecule has 0 amide bonds. The molecule has 104 valence electrons. The fourth-order valence-electron chi connectivity index (χ4n) is 2.25. The highest BCUT2D eigenvalue weighted by molar-refractivity contribution is 7.89. The first-order valence-corrected chi connectivity index (χ1v) is 7.61. The van der Waals surface area contributed by atoms with E-state index in [2.05, 4.69) is 0 Å². The van der Waals surface area contributed by atoms with Crippen LogP contribution in [0.5, 0.6) is 0 Å². The molecule has 0 bridgehead atoms. The topological polar surface area (TPSA) is 54.5 Å². The number of halogens is 1. The second-order valence-electron chi connectivity index (χ2n) is 4.84.